The first-order chi connectivity index (χ1) is 13.4. The van der Waals surface area contributed by atoms with Gasteiger partial charge in [-0.2, -0.15) is 0 Å². The van der Waals surface area contributed by atoms with Crippen LogP contribution >= 0.6 is 11.3 Å². The Balaban J connectivity index is 1.60. The predicted molar refractivity (Wildman–Crippen MR) is 111 cm³/mol. The molecule has 1 aliphatic heterocycles. The molecule has 154 valence electrons. The molecule has 3 rings (SSSR count). The molecule has 0 spiro atoms. The van der Waals surface area contributed by atoms with E-state index in [1.165, 1.54) is 12.1 Å². The predicted octanol–water partition coefficient (Wildman–Crippen LogP) is 4.54. The van der Waals surface area contributed by atoms with Crippen molar-refractivity contribution >= 4 is 11.3 Å². The van der Waals surface area contributed by atoms with E-state index in [9.17, 15) is 9.50 Å². The lowest BCUT2D eigenvalue weighted by molar-refractivity contribution is 0.0206. The lowest BCUT2D eigenvalue weighted by Crippen LogP contribution is -2.31. The third-order valence-corrected chi connectivity index (χ3v) is 6.64. The fourth-order valence-electron chi connectivity index (χ4n) is 3.74. The average molecular weight is 407 g/mol. The van der Waals surface area contributed by atoms with E-state index in [4.69, 9.17) is 9.72 Å². The minimum atomic E-state index is -0.822. The van der Waals surface area contributed by atoms with Gasteiger partial charge in [0.2, 0.25) is 0 Å². The standard InChI is InChI=1S/C22H31FN2O2S/c1-16(2)15-25-12-4-10-22(26,11-13-25)21-24-17(3)20(28-21)9-14-27-19-7-5-18(23)6-8-19/h5-8,16,26H,4,9-15H2,1-3H3/t22-/m1/s1. The summed E-state index contributed by atoms with van der Waals surface area (Å²) in [5.74, 6) is 1.04. The van der Waals surface area contributed by atoms with Gasteiger partial charge in [0, 0.05) is 24.4 Å². The Labute approximate surface area is 171 Å². The van der Waals surface area contributed by atoms with Gasteiger partial charge in [0.15, 0.2) is 0 Å². The first kappa shape index (κ1) is 21.2. The van der Waals surface area contributed by atoms with Crippen molar-refractivity contribution in [1.29, 1.82) is 0 Å². The van der Waals surface area contributed by atoms with Gasteiger partial charge in [-0.25, -0.2) is 9.37 Å². The number of nitrogens with zero attached hydrogens (tertiary/aromatic N) is 2. The van der Waals surface area contributed by atoms with Crippen molar-refractivity contribution in [2.45, 2.75) is 52.1 Å². The van der Waals surface area contributed by atoms with Crippen LogP contribution in [0, 0.1) is 18.7 Å². The first-order valence-corrected chi connectivity index (χ1v) is 11.0. The Bertz CT molecular complexity index is 762. The fraction of sp³-hybridized carbons (Fsp3) is 0.591. The third-order valence-electron chi connectivity index (χ3n) is 5.23. The van der Waals surface area contributed by atoms with Gasteiger partial charge in [-0.3, -0.25) is 0 Å². The molecule has 2 heterocycles. The van der Waals surface area contributed by atoms with Gasteiger partial charge in [0.1, 0.15) is 22.2 Å². The Morgan fingerprint density at radius 3 is 2.71 bits per heavy atom. The average Bonchev–Trinajstić information content (AvgIpc) is 2.92. The Morgan fingerprint density at radius 1 is 1.25 bits per heavy atom. The molecule has 2 aromatic rings. The molecule has 0 aliphatic carbocycles. The largest absolute Gasteiger partial charge is 0.493 e. The fourth-order valence-corrected chi connectivity index (χ4v) is 4.93. The lowest BCUT2D eigenvalue weighted by atomic mass is 9.96. The highest BCUT2D eigenvalue weighted by Crippen LogP contribution is 2.36. The summed E-state index contributed by atoms with van der Waals surface area (Å²) in [6.07, 6.45) is 3.22. The maximum absolute atomic E-state index is 13.0. The van der Waals surface area contributed by atoms with Crippen LogP contribution in [0.25, 0.3) is 0 Å². The number of aliphatic hydroxyl groups is 1. The quantitative estimate of drug-likeness (QED) is 0.733. The molecule has 1 N–H and O–H groups in total. The zero-order chi connectivity index (χ0) is 20.1. The molecule has 1 saturated heterocycles. The SMILES string of the molecule is Cc1nc([C@@]2(O)CCCN(CC(C)C)CC2)sc1CCOc1ccc(F)cc1. The zero-order valence-corrected chi connectivity index (χ0v) is 17.9. The smallest absolute Gasteiger partial charge is 0.125 e. The summed E-state index contributed by atoms with van der Waals surface area (Å²) < 4.78 is 18.7. The summed E-state index contributed by atoms with van der Waals surface area (Å²) in [4.78, 5) is 8.32. The molecule has 0 saturated carbocycles. The molecule has 0 unspecified atom stereocenters. The molecule has 28 heavy (non-hydrogen) atoms. The van der Waals surface area contributed by atoms with E-state index in [0.29, 0.717) is 18.3 Å². The van der Waals surface area contributed by atoms with Crippen LogP contribution in [0.2, 0.25) is 0 Å². The topological polar surface area (TPSA) is 45.6 Å². The third kappa shape index (κ3) is 5.52. The van der Waals surface area contributed by atoms with Crippen LogP contribution in [0.1, 0.15) is 48.7 Å². The Kier molecular flexibility index (Phi) is 7.07. The van der Waals surface area contributed by atoms with Crippen LogP contribution in [0.15, 0.2) is 24.3 Å². The number of thiazole rings is 1. The van der Waals surface area contributed by atoms with Crippen molar-refractivity contribution in [2.75, 3.05) is 26.2 Å². The molecule has 1 aromatic heterocycles. The monoisotopic (exact) mass is 406 g/mol. The van der Waals surface area contributed by atoms with Gasteiger partial charge in [0.25, 0.3) is 0 Å². The number of rotatable bonds is 7. The van der Waals surface area contributed by atoms with Crippen molar-refractivity contribution in [3.8, 4) is 5.75 Å². The second-order valence-electron chi connectivity index (χ2n) is 8.16. The molecule has 1 fully saturated rings. The molecule has 6 heteroatoms. The van der Waals surface area contributed by atoms with Crippen molar-refractivity contribution < 1.29 is 14.2 Å². The van der Waals surface area contributed by atoms with Crippen LogP contribution in [-0.2, 0) is 12.0 Å². The van der Waals surface area contributed by atoms with Gasteiger partial charge in [-0.15, -0.1) is 11.3 Å². The van der Waals surface area contributed by atoms with Crippen LogP contribution in [0.3, 0.4) is 0 Å². The van der Waals surface area contributed by atoms with E-state index < -0.39 is 5.60 Å². The summed E-state index contributed by atoms with van der Waals surface area (Å²) in [7, 11) is 0. The summed E-state index contributed by atoms with van der Waals surface area (Å²) >= 11 is 1.61. The number of benzene rings is 1. The summed E-state index contributed by atoms with van der Waals surface area (Å²) in [5.41, 5.74) is 0.149. The molecule has 0 bridgehead atoms. The van der Waals surface area contributed by atoms with Crippen LogP contribution in [0.4, 0.5) is 4.39 Å². The molecule has 0 amide bonds. The van der Waals surface area contributed by atoms with E-state index >= 15 is 0 Å². The van der Waals surface area contributed by atoms with E-state index in [-0.39, 0.29) is 5.82 Å². The van der Waals surface area contributed by atoms with E-state index in [1.54, 1.807) is 23.5 Å². The van der Waals surface area contributed by atoms with Crippen molar-refractivity contribution in [2.24, 2.45) is 5.92 Å². The van der Waals surface area contributed by atoms with E-state index in [1.807, 2.05) is 6.92 Å². The van der Waals surface area contributed by atoms with Crippen molar-refractivity contribution in [3.63, 3.8) is 0 Å². The highest BCUT2D eigenvalue weighted by atomic mass is 32.1. The molecule has 1 aromatic carbocycles. The zero-order valence-electron chi connectivity index (χ0n) is 17.1. The second-order valence-corrected chi connectivity index (χ2v) is 9.24. The number of halogens is 1. The molecule has 1 atom stereocenters. The normalized spacial score (nSPS) is 21.1. The maximum Gasteiger partial charge on any atom is 0.125 e. The summed E-state index contributed by atoms with van der Waals surface area (Å²) in [5, 5.41) is 12.1. The summed E-state index contributed by atoms with van der Waals surface area (Å²) in [6, 6.07) is 6.07. The lowest BCUT2D eigenvalue weighted by Gasteiger charge is -2.25. The molecular formula is C22H31FN2O2S. The van der Waals surface area contributed by atoms with Gasteiger partial charge in [-0.05, 0) is 62.9 Å². The molecule has 0 radical (unpaired) electrons. The molecular weight excluding hydrogens is 375 g/mol. The highest BCUT2D eigenvalue weighted by molar-refractivity contribution is 7.11. The minimum absolute atomic E-state index is 0.265. The molecule has 1 aliphatic rings. The Morgan fingerprint density at radius 2 is 2.00 bits per heavy atom. The second kappa shape index (κ2) is 9.33. The number of hydrogen-bond donors (Lipinski definition) is 1. The number of hydrogen-bond acceptors (Lipinski definition) is 5. The number of aromatic nitrogens is 1. The minimum Gasteiger partial charge on any atom is -0.493 e. The van der Waals surface area contributed by atoms with Crippen molar-refractivity contribution in [3.05, 3.63) is 45.7 Å². The van der Waals surface area contributed by atoms with E-state index in [2.05, 4.69) is 18.7 Å². The van der Waals surface area contributed by atoms with Crippen LogP contribution in [0.5, 0.6) is 5.75 Å². The van der Waals surface area contributed by atoms with Crippen LogP contribution in [-0.4, -0.2) is 41.2 Å². The first-order valence-electron chi connectivity index (χ1n) is 10.2. The Hall–Kier alpha value is -1.50. The number of aryl methyl sites for hydroxylation is 1. The molecule has 4 nitrogen and oxygen atoms in total. The van der Waals surface area contributed by atoms with Gasteiger partial charge < -0.3 is 14.7 Å². The number of ether oxygens (including phenoxy) is 1. The summed E-state index contributed by atoms with van der Waals surface area (Å²) in [6.45, 7) is 10.0. The number of likely N-dealkylation sites (tertiary alicyclic amines) is 1. The van der Waals surface area contributed by atoms with Gasteiger partial charge in [-0.1, -0.05) is 13.8 Å². The maximum atomic E-state index is 13.0. The van der Waals surface area contributed by atoms with Gasteiger partial charge >= 0.3 is 0 Å². The van der Waals surface area contributed by atoms with Crippen LogP contribution < -0.4 is 4.74 Å². The highest BCUT2D eigenvalue weighted by Gasteiger charge is 2.35. The van der Waals surface area contributed by atoms with Crippen molar-refractivity contribution in [1.82, 2.24) is 9.88 Å². The van der Waals surface area contributed by atoms with E-state index in [0.717, 1.165) is 60.9 Å². The van der Waals surface area contributed by atoms with Gasteiger partial charge in [0.05, 0.1) is 12.3 Å².